The number of carbonyl (C=O) groups excluding carboxylic acids is 1. The molecule has 0 N–H and O–H groups in total. The lowest BCUT2D eigenvalue weighted by Crippen LogP contribution is -2.50. The lowest BCUT2D eigenvalue weighted by Gasteiger charge is -2.45. The molecule has 11 heteroatoms. The Bertz CT molecular complexity index is 1480. The zero-order valence-corrected chi connectivity index (χ0v) is 19.1. The second kappa shape index (κ2) is 8.28. The number of amides is 1. The molecule has 0 aliphatic carbocycles. The maximum atomic E-state index is 14.1. The quantitative estimate of drug-likeness (QED) is 0.309. The molecular weight excluding hydrogens is 476 g/mol. The van der Waals surface area contributed by atoms with Gasteiger partial charge in [-0.3, -0.25) is 9.48 Å². The van der Waals surface area contributed by atoms with E-state index in [4.69, 9.17) is 0 Å². The number of piperidine rings is 1. The molecule has 6 rings (SSSR count). The highest BCUT2D eigenvalue weighted by molar-refractivity contribution is 5.98. The van der Waals surface area contributed by atoms with Crippen LogP contribution in [0.5, 0.6) is 0 Å². The van der Waals surface area contributed by atoms with Crippen molar-refractivity contribution in [2.45, 2.75) is 37.8 Å². The second-order valence-corrected chi connectivity index (χ2v) is 9.11. The zero-order valence-electron chi connectivity index (χ0n) is 19.1. The molecule has 1 amide bonds. The second-order valence-electron chi connectivity index (χ2n) is 9.11. The van der Waals surface area contributed by atoms with Crippen LogP contribution >= 0.6 is 0 Å². The first-order valence-electron chi connectivity index (χ1n) is 11.5. The van der Waals surface area contributed by atoms with Crippen molar-refractivity contribution in [3.8, 4) is 16.9 Å². The topological polar surface area (TPSA) is 68.8 Å². The van der Waals surface area contributed by atoms with Crippen LogP contribution in [0.2, 0.25) is 0 Å². The molecule has 0 unspecified atom stereocenters. The van der Waals surface area contributed by atoms with Crippen molar-refractivity contribution in [1.29, 1.82) is 0 Å². The first kappa shape index (κ1) is 22.4. The Morgan fingerprint density at radius 3 is 2.56 bits per heavy atom. The molecule has 7 nitrogen and oxygen atoms in total. The highest BCUT2D eigenvalue weighted by Crippen LogP contribution is 2.45. The first-order valence-corrected chi connectivity index (χ1v) is 11.5. The molecule has 184 valence electrons. The highest BCUT2D eigenvalue weighted by atomic mass is 19.2. The van der Waals surface area contributed by atoms with Crippen molar-refractivity contribution in [3.05, 3.63) is 83.1 Å². The van der Waals surface area contributed by atoms with E-state index in [0.29, 0.717) is 24.2 Å². The molecule has 1 fully saturated rings. The summed E-state index contributed by atoms with van der Waals surface area (Å²) in [6.45, 7) is 0. The summed E-state index contributed by atoms with van der Waals surface area (Å²) >= 11 is 0. The fourth-order valence-corrected chi connectivity index (χ4v) is 5.55. The number of halogens is 4. The van der Waals surface area contributed by atoms with Gasteiger partial charge in [0.1, 0.15) is 18.5 Å². The van der Waals surface area contributed by atoms with Crippen LogP contribution < -0.4 is 0 Å². The molecule has 0 spiro atoms. The van der Waals surface area contributed by atoms with Crippen LogP contribution in [0.25, 0.3) is 16.9 Å². The zero-order chi connectivity index (χ0) is 25.1. The molecule has 2 aliphatic rings. The van der Waals surface area contributed by atoms with Crippen molar-refractivity contribution < 1.29 is 22.4 Å². The molecule has 36 heavy (non-hydrogen) atoms. The predicted octanol–water partition coefficient (Wildman–Crippen LogP) is 4.52. The highest BCUT2D eigenvalue weighted by Gasteiger charge is 2.44. The van der Waals surface area contributed by atoms with Crippen LogP contribution in [0, 0.1) is 23.3 Å². The van der Waals surface area contributed by atoms with Crippen molar-refractivity contribution in [2.24, 2.45) is 7.05 Å². The average molecular weight is 496 g/mol. The molecule has 2 aromatic carbocycles. The Hall–Kier alpha value is -4.02. The monoisotopic (exact) mass is 496 g/mol. The van der Waals surface area contributed by atoms with Crippen LogP contribution in [0.15, 0.2) is 43.0 Å². The van der Waals surface area contributed by atoms with Crippen LogP contribution in [-0.4, -0.2) is 41.4 Å². The molecule has 0 saturated carbocycles. The molecule has 4 heterocycles. The van der Waals surface area contributed by atoms with Crippen LogP contribution in [0.3, 0.4) is 0 Å². The largest absolute Gasteiger partial charge is 0.327 e. The summed E-state index contributed by atoms with van der Waals surface area (Å²) in [5.41, 5.74) is 2.68. The first-order chi connectivity index (χ1) is 17.3. The van der Waals surface area contributed by atoms with Gasteiger partial charge < -0.3 is 4.90 Å². The van der Waals surface area contributed by atoms with Crippen molar-refractivity contribution in [2.75, 3.05) is 0 Å². The summed E-state index contributed by atoms with van der Waals surface area (Å²) in [6.07, 6.45) is 5.37. The number of nitrogens with zero attached hydrogens (tertiary/aromatic N) is 6. The van der Waals surface area contributed by atoms with Gasteiger partial charge in [-0.1, -0.05) is 0 Å². The van der Waals surface area contributed by atoms with Gasteiger partial charge in [0.2, 0.25) is 0 Å². The van der Waals surface area contributed by atoms with Gasteiger partial charge in [0.25, 0.3) is 5.91 Å². The van der Waals surface area contributed by atoms with E-state index in [2.05, 4.69) is 15.2 Å². The Balaban J connectivity index is 1.44. The number of hydrogen-bond acceptors (Lipinski definition) is 4. The Morgan fingerprint density at radius 1 is 1.06 bits per heavy atom. The van der Waals surface area contributed by atoms with E-state index in [1.54, 1.807) is 11.9 Å². The number of aryl methyl sites for hydroxylation is 1. The predicted molar refractivity (Wildman–Crippen MR) is 120 cm³/mol. The maximum absolute atomic E-state index is 14.1. The number of carbonyl (C=O) groups is 1. The SMILES string of the molecule is Cn1nc2c(c1-c1cc(F)c(F)c(F)c1)C[C@@H]1CCC[C@H]2N1C(=O)c1ccc(F)cc1-n1cncn1. The molecular formula is C25H20F4N6O. The average Bonchev–Trinajstić information content (AvgIpc) is 3.49. The minimum Gasteiger partial charge on any atom is -0.327 e. The van der Waals surface area contributed by atoms with Gasteiger partial charge in [-0.05, 0) is 49.9 Å². The lowest BCUT2D eigenvalue weighted by atomic mass is 9.81. The molecule has 2 bridgehead atoms. The number of fused-ring (bicyclic) bond motifs is 4. The van der Waals surface area contributed by atoms with Crippen molar-refractivity contribution in [3.63, 3.8) is 0 Å². The summed E-state index contributed by atoms with van der Waals surface area (Å²) in [5.74, 6) is -4.86. The third kappa shape index (κ3) is 3.41. The van der Waals surface area contributed by atoms with Gasteiger partial charge >= 0.3 is 0 Å². The summed E-state index contributed by atoms with van der Waals surface area (Å²) in [4.78, 5) is 19.6. The van der Waals surface area contributed by atoms with Gasteiger partial charge in [-0.25, -0.2) is 27.2 Å². The van der Waals surface area contributed by atoms with E-state index < -0.39 is 23.3 Å². The van der Waals surface area contributed by atoms with E-state index in [0.717, 1.165) is 30.5 Å². The Morgan fingerprint density at radius 2 is 1.83 bits per heavy atom. The third-order valence-electron chi connectivity index (χ3n) is 7.02. The maximum Gasteiger partial charge on any atom is 0.256 e. The standard InChI is InChI=1S/C25H20F4N6O/c1-33-24(13-7-18(27)22(29)19(28)8-13)17-10-15-3-2-4-20(23(17)32-33)35(15)25(36)16-6-5-14(26)9-21(16)34-12-30-11-31-34/h5-9,11-12,15,20H,2-4,10H2,1H3/t15-,20+/m0/s1. The minimum absolute atomic E-state index is 0.188. The molecule has 2 atom stereocenters. The number of aromatic nitrogens is 5. The van der Waals surface area contributed by atoms with Crippen LogP contribution in [-0.2, 0) is 13.5 Å². The summed E-state index contributed by atoms with van der Waals surface area (Å²) in [7, 11) is 1.66. The normalized spacial score (nSPS) is 18.9. The third-order valence-corrected chi connectivity index (χ3v) is 7.02. The van der Waals surface area contributed by atoms with Gasteiger partial charge in [-0.15, -0.1) is 0 Å². The van der Waals surface area contributed by atoms with Gasteiger partial charge in [0, 0.05) is 30.3 Å². The molecule has 1 saturated heterocycles. The minimum atomic E-state index is -1.52. The van der Waals surface area contributed by atoms with Crippen molar-refractivity contribution in [1.82, 2.24) is 29.4 Å². The van der Waals surface area contributed by atoms with E-state index in [-0.39, 0.29) is 34.8 Å². The number of benzene rings is 2. The smallest absolute Gasteiger partial charge is 0.256 e. The Labute approximate surface area is 203 Å². The summed E-state index contributed by atoms with van der Waals surface area (Å²) in [6, 6.07) is 5.27. The van der Waals surface area contributed by atoms with Crippen LogP contribution in [0.1, 0.15) is 46.9 Å². The number of hydrogen-bond donors (Lipinski definition) is 0. The molecule has 2 aliphatic heterocycles. The van der Waals surface area contributed by atoms with E-state index in [9.17, 15) is 22.4 Å². The van der Waals surface area contributed by atoms with Crippen LogP contribution in [0.4, 0.5) is 17.6 Å². The fourth-order valence-electron chi connectivity index (χ4n) is 5.55. The van der Waals surface area contributed by atoms with Crippen molar-refractivity contribution >= 4 is 5.91 Å². The summed E-state index contributed by atoms with van der Waals surface area (Å²) in [5, 5.41) is 8.70. The van der Waals surface area contributed by atoms with Gasteiger partial charge in [0.05, 0.1) is 28.7 Å². The Kier molecular flexibility index (Phi) is 5.16. The van der Waals surface area contributed by atoms with E-state index in [1.807, 2.05) is 0 Å². The van der Waals surface area contributed by atoms with E-state index in [1.165, 1.54) is 40.2 Å². The fraction of sp³-hybridized carbons (Fsp3) is 0.280. The molecule has 2 aromatic heterocycles. The lowest BCUT2D eigenvalue weighted by molar-refractivity contribution is 0.0391. The molecule has 0 radical (unpaired) electrons. The summed E-state index contributed by atoms with van der Waals surface area (Å²) < 4.78 is 58.6. The van der Waals surface area contributed by atoms with E-state index >= 15 is 0 Å². The van der Waals surface area contributed by atoms with Gasteiger partial charge in [0.15, 0.2) is 17.5 Å². The molecule has 4 aromatic rings. The van der Waals surface area contributed by atoms with Gasteiger partial charge in [-0.2, -0.15) is 10.2 Å². The number of rotatable bonds is 3.